The van der Waals surface area contributed by atoms with Crippen molar-refractivity contribution in [2.24, 2.45) is 11.3 Å². The molecule has 4 rings (SSSR count). The summed E-state index contributed by atoms with van der Waals surface area (Å²) in [6.07, 6.45) is 5.62. The molecular weight excluding hydrogens is 306 g/mol. The molecule has 25 heavy (non-hydrogen) atoms. The molecular formula is C22H37N3. The van der Waals surface area contributed by atoms with Crippen LogP contribution in [-0.2, 0) is 0 Å². The fourth-order valence-electron chi connectivity index (χ4n) is 4.72. The van der Waals surface area contributed by atoms with E-state index in [9.17, 15) is 0 Å². The predicted molar refractivity (Wildman–Crippen MR) is 108 cm³/mol. The number of hydrogen-bond donors (Lipinski definition) is 0. The van der Waals surface area contributed by atoms with Gasteiger partial charge >= 0.3 is 0 Å². The first kappa shape index (κ1) is 18.7. The fraction of sp³-hybridized carbons (Fsp3) is 0.727. The van der Waals surface area contributed by atoms with E-state index in [-0.39, 0.29) is 0 Å². The maximum absolute atomic E-state index is 2.76. The first-order chi connectivity index (χ1) is 12.2. The summed E-state index contributed by atoms with van der Waals surface area (Å²) in [5.74, 6) is 0.947. The standard InChI is InChI=1S/C20H31N3.C2H6/c1-21-11-7-18(8-12-21)15-22-13-9-20(10-14-22)16-23(17-20)19-5-3-2-4-6-19;1-2/h2-6,18H,7-17H2,1H3;1-2H3. The van der Waals surface area contributed by atoms with Crippen molar-refractivity contribution in [1.29, 1.82) is 0 Å². The van der Waals surface area contributed by atoms with E-state index in [0.717, 1.165) is 5.92 Å². The third-order valence-corrected chi connectivity index (χ3v) is 6.45. The zero-order valence-corrected chi connectivity index (χ0v) is 16.6. The van der Waals surface area contributed by atoms with Crippen LogP contribution in [0.1, 0.15) is 39.5 Å². The summed E-state index contributed by atoms with van der Waals surface area (Å²) in [6.45, 7) is 13.2. The number of hydrogen-bond acceptors (Lipinski definition) is 3. The third-order valence-electron chi connectivity index (χ3n) is 6.45. The van der Waals surface area contributed by atoms with Crippen LogP contribution in [0.15, 0.2) is 30.3 Å². The van der Waals surface area contributed by atoms with Gasteiger partial charge < -0.3 is 14.7 Å². The van der Waals surface area contributed by atoms with Gasteiger partial charge in [0.15, 0.2) is 0 Å². The SMILES string of the molecule is CC.CN1CCC(CN2CCC3(CC2)CN(c2ccccc2)C3)CC1. The van der Waals surface area contributed by atoms with Gasteiger partial charge in [-0.2, -0.15) is 0 Å². The van der Waals surface area contributed by atoms with E-state index in [0.29, 0.717) is 5.41 Å². The van der Waals surface area contributed by atoms with Gasteiger partial charge in [0.05, 0.1) is 0 Å². The lowest BCUT2D eigenvalue weighted by atomic mass is 9.71. The van der Waals surface area contributed by atoms with Crippen molar-refractivity contribution in [2.45, 2.75) is 39.5 Å². The monoisotopic (exact) mass is 343 g/mol. The molecule has 140 valence electrons. The topological polar surface area (TPSA) is 9.72 Å². The zero-order valence-electron chi connectivity index (χ0n) is 16.6. The Balaban J connectivity index is 0.000000880. The number of likely N-dealkylation sites (tertiary alicyclic amines) is 2. The lowest BCUT2D eigenvalue weighted by Crippen LogP contribution is -2.60. The minimum atomic E-state index is 0.624. The predicted octanol–water partition coefficient (Wildman–Crippen LogP) is 3.96. The number of piperidine rings is 2. The summed E-state index contributed by atoms with van der Waals surface area (Å²) in [6, 6.07) is 10.9. The molecule has 3 fully saturated rings. The lowest BCUT2D eigenvalue weighted by Gasteiger charge is -2.55. The molecule has 3 nitrogen and oxygen atoms in total. The average molecular weight is 344 g/mol. The second-order valence-corrected chi connectivity index (χ2v) is 8.24. The molecule has 3 heterocycles. The van der Waals surface area contributed by atoms with E-state index in [2.05, 4.69) is 52.1 Å². The van der Waals surface area contributed by atoms with Crippen molar-refractivity contribution in [3.8, 4) is 0 Å². The zero-order chi connectivity index (χ0) is 17.7. The highest BCUT2D eigenvalue weighted by atomic mass is 15.2. The smallest absolute Gasteiger partial charge is 0.0366 e. The summed E-state index contributed by atoms with van der Waals surface area (Å²) in [5.41, 5.74) is 2.03. The largest absolute Gasteiger partial charge is 0.370 e. The first-order valence-corrected chi connectivity index (χ1v) is 10.4. The van der Waals surface area contributed by atoms with Gasteiger partial charge in [0, 0.05) is 30.7 Å². The molecule has 3 aliphatic rings. The van der Waals surface area contributed by atoms with E-state index in [4.69, 9.17) is 0 Å². The Morgan fingerprint density at radius 1 is 0.920 bits per heavy atom. The van der Waals surface area contributed by atoms with Crippen LogP contribution in [0.2, 0.25) is 0 Å². The molecule has 0 unspecified atom stereocenters. The van der Waals surface area contributed by atoms with Crippen LogP contribution in [0.5, 0.6) is 0 Å². The van der Waals surface area contributed by atoms with Gasteiger partial charge in [-0.1, -0.05) is 32.0 Å². The molecule has 1 spiro atoms. The third kappa shape index (κ3) is 4.57. The van der Waals surface area contributed by atoms with E-state index < -0.39 is 0 Å². The molecule has 0 N–H and O–H groups in total. The van der Waals surface area contributed by atoms with E-state index >= 15 is 0 Å². The van der Waals surface area contributed by atoms with E-state index in [1.165, 1.54) is 77.2 Å². The first-order valence-electron chi connectivity index (χ1n) is 10.4. The summed E-state index contributed by atoms with van der Waals surface area (Å²) in [7, 11) is 2.26. The molecule has 3 aliphatic heterocycles. The molecule has 0 amide bonds. The molecule has 0 aromatic heterocycles. The van der Waals surface area contributed by atoms with Crippen LogP contribution in [0, 0.1) is 11.3 Å². The summed E-state index contributed by atoms with van der Waals surface area (Å²) >= 11 is 0. The summed E-state index contributed by atoms with van der Waals surface area (Å²) < 4.78 is 0. The highest BCUT2D eigenvalue weighted by Gasteiger charge is 2.44. The van der Waals surface area contributed by atoms with E-state index in [1.807, 2.05) is 13.8 Å². The number of rotatable bonds is 3. The summed E-state index contributed by atoms with van der Waals surface area (Å²) in [5, 5.41) is 0. The Kier molecular flexibility index (Phi) is 6.40. The minimum absolute atomic E-state index is 0.624. The molecule has 1 aromatic rings. The van der Waals surface area contributed by atoms with Crippen LogP contribution in [-0.4, -0.2) is 62.7 Å². The van der Waals surface area contributed by atoms with Gasteiger partial charge in [0.1, 0.15) is 0 Å². The van der Waals surface area contributed by atoms with Crippen LogP contribution >= 0.6 is 0 Å². The van der Waals surface area contributed by atoms with E-state index in [1.54, 1.807) is 0 Å². The maximum atomic E-state index is 2.76. The number of para-hydroxylation sites is 1. The fourth-order valence-corrected chi connectivity index (χ4v) is 4.72. The van der Waals surface area contributed by atoms with Crippen molar-refractivity contribution >= 4 is 5.69 Å². The maximum Gasteiger partial charge on any atom is 0.0366 e. The van der Waals surface area contributed by atoms with Crippen molar-refractivity contribution in [2.75, 3.05) is 57.8 Å². The van der Waals surface area contributed by atoms with Gasteiger partial charge in [-0.05, 0) is 77.0 Å². The molecule has 0 aliphatic carbocycles. The highest BCUT2D eigenvalue weighted by Crippen LogP contribution is 2.42. The Bertz CT molecular complexity index is 491. The Morgan fingerprint density at radius 2 is 1.52 bits per heavy atom. The molecule has 0 bridgehead atoms. The van der Waals surface area contributed by atoms with Gasteiger partial charge in [-0.3, -0.25) is 0 Å². The summed E-state index contributed by atoms with van der Waals surface area (Å²) in [4.78, 5) is 7.80. The molecule has 1 aromatic carbocycles. The van der Waals surface area contributed by atoms with Crippen LogP contribution in [0.4, 0.5) is 5.69 Å². The van der Waals surface area contributed by atoms with Gasteiger partial charge in [-0.25, -0.2) is 0 Å². The molecule has 0 saturated carbocycles. The van der Waals surface area contributed by atoms with Gasteiger partial charge in [-0.15, -0.1) is 0 Å². The second kappa shape index (κ2) is 8.55. The minimum Gasteiger partial charge on any atom is -0.370 e. The Hall–Kier alpha value is -1.06. The molecule has 0 atom stereocenters. The normalized spacial score (nSPS) is 24.5. The van der Waals surface area contributed by atoms with Crippen LogP contribution in [0.25, 0.3) is 0 Å². The molecule has 0 radical (unpaired) electrons. The Morgan fingerprint density at radius 3 is 2.12 bits per heavy atom. The number of anilines is 1. The van der Waals surface area contributed by atoms with Gasteiger partial charge in [0.2, 0.25) is 0 Å². The molecule has 3 heteroatoms. The molecule has 3 saturated heterocycles. The number of benzene rings is 1. The van der Waals surface area contributed by atoms with Gasteiger partial charge in [0.25, 0.3) is 0 Å². The van der Waals surface area contributed by atoms with Crippen molar-refractivity contribution in [3.05, 3.63) is 30.3 Å². The Labute approximate surface area is 155 Å². The average Bonchev–Trinajstić information content (AvgIpc) is 2.65. The number of nitrogens with zero attached hydrogens (tertiary/aromatic N) is 3. The van der Waals surface area contributed by atoms with Crippen molar-refractivity contribution in [1.82, 2.24) is 9.80 Å². The van der Waals surface area contributed by atoms with Crippen LogP contribution in [0.3, 0.4) is 0 Å². The second-order valence-electron chi connectivity index (χ2n) is 8.24. The van der Waals surface area contributed by atoms with Crippen LogP contribution < -0.4 is 4.90 Å². The highest BCUT2D eigenvalue weighted by molar-refractivity contribution is 5.49. The van der Waals surface area contributed by atoms with Crippen molar-refractivity contribution < 1.29 is 0 Å². The lowest BCUT2D eigenvalue weighted by molar-refractivity contribution is 0.0593. The van der Waals surface area contributed by atoms with Crippen molar-refractivity contribution in [3.63, 3.8) is 0 Å². The quantitative estimate of drug-likeness (QED) is 0.822.